The molecule has 0 unspecified atom stereocenters. The van der Waals surface area contributed by atoms with Crippen molar-refractivity contribution >= 4 is 23.5 Å². The van der Waals surface area contributed by atoms with Gasteiger partial charge in [-0.05, 0) is 25.5 Å². The number of benzene rings is 1. The normalized spacial score (nSPS) is 17.9. The summed E-state index contributed by atoms with van der Waals surface area (Å²) in [6, 6.07) is 7.22. The van der Waals surface area contributed by atoms with E-state index in [1.807, 2.05) is 25.1 Å². The SMILES string of the molecule is CCOCCOC(=O)C1=C(C)NC(=O)C[C@@H]1c1ccccc1Cl. The average Bonchev–Trinajstić information content (AvgIpc) is 2.51. The molecule has 2 rings (SSSR count). The Kier molecular flexibility index (Phi) is 6.19. The first-order chi connectivity index (χ1) is 11.0. The van der Waals surface area contributed by atoms with Crippen LogP contribution in [0, 0.1) is 0 Å². The highest BCUT2D eigenvalue weighted by Gasteiger charge is 2.33. The smallest absolute Gasteiger partial charge is 0.336 e. The van der Waals surface area contributed by atoms with Crippen molar-refractivity contribution in [1.29, 1.82) is 0 Å². The molecule has 0 saturated carbocycles. The summed E-state index contributed by atoms with van der Waals surface area (Å²) in [5, 5.41) is 3.22. The van der Waals surface area contributed by atoms with Crippen LogP contribution in [-0.2, 0) is 19.1 Å². The third-order valence-electron chi connectivity index (χ3n) is 3.63. The molecule has 0 bridgehead atoms. The third-order valence-corrected chi connectivity index (χ3v) is 3.98. The molecule has 1 aromatic carbocycles. The fourth-order valence-corrected chi connectivity index (χ4v) is 2.88. The summed E-state index contributed by atoms with van der Waals surface area (Å²) in [4.78, 5) is 24.3. The summed E-state index contributed by atoms with van der Waals surface area (Å²) in [5.74, 6) is -0.998. The van der Waals surface area contributed by atoms with Crippen molar-refractivity contribution in [1.82, 2.24) is 5.32 Å². The Morgan fingerprint density at radius 2 is 2.09 bits per heavy atom. The van der Waals surface area contributed by atoms with Gasteiger partial charge in [0.05, 0.1) is 12.2 Å². The van der Waals surface area contributed by atoms with Crippen molar-refractivity contribution in [3.05, 3.63) is 46.1 Å². The van der Waals surface area contributed by atoms with E-state index >= 15 is 0 Å². The molecule has 0 aromatic heterocycles. The van der Waals surface area contributed by atoms with Gasteiger partial charge in [-0.2, -0.15) is 0 Å². The molecule has 6 heteroatoms. The number of hydrogen-bond donors (Lipinski definition) is 1. The summed E-state index contributed by atoms with van der Waals surface area (Å²) < 4.78 is 10.4. The molecule has 1 atom stereocenters. The maximum Gasteiger partial charge on any atom is 0.336 e. The standard InChI is InChI=1S/C17H20ClNO4/c1-3-22-8-9-23-17(21)16-11(2)19-15(20)10-13(16)12-6-4-5-7-14(12)18/h4-7,13H,3,8-10H2,1-2H3,(H,19,20)/t13-/m1/s1. The molecule has 0 aliphatic carbocycles. The van der Waals surface area contributed by atoms with E-state index in [0.29, 0.717) is 29.5 Å². The largest absolute Gasteiger partial charge is 0.460 e. The zero-order chi connectivity index (χ0) is 16.8. The van der Waals surface area contributed by atoms with Crippen molar-refractivity contribution in [2.45, 2.75) is 26.2 Å². The Balaban J connectivity index is 2.25. The highest BCUT2D eigenvalue weighted by atomic mass is 35.5. The highest BCUT2D eigenvalue weighted by molar-refractivity contribution is 6.31. The molecule has 0 radical (unpaired) electrons. The third kappa shape index (κ3) is 4.33. The lowest BCUT2D eigenvalue weighted by Gasteiger charge is -2.27. The van der Waals surface area contributed by atoms with Gasteiger partial charge in [-0.25, -0.2) is 4.79 Å². The fraction of sp³-hybridized carbons (Fsp3) is 0.412. The van der Waals surface area contributed by atoms with Gasteiger partial charge in [-0.3, -0.25) is 4.79 Å². The molecule has 124 valence electrons. The zero-order valence-electron chi connectivity index (χ0n) is 13.2. The van der Waals surface area contributed by atoms with Crippen LogP contribution in [0.2, 0.25) is 5.02 Å². The van der Waals surface area contributed by atoms with Crippen LogP contribution in [0.25, 0.3) is 0 Å². The summed E-state index contributed by atoms with van der Waals surface area (Å²) in [6.45, 7) is 4.65. The molecule has 0 saturated heterocycles. The Morgan fingerprint density at radius 3 is 2.78 bits per heavy atom. The summed E-state index contributed by atoms with van der Waals surface area (Å²) in [5.41, 5.74) is 1.70. The number of carbonyl (C=O) groups excluding carboxylic acids is 2. The maximum absolute atomic E-state index is 12.4. The van der Waals surface area contributed by atoms with Crippen LogP contribution in [0.3, 0.4) is 0 Å². The molecule has 0 fully saturated rings. The molecule has 1 N–H and O–H groups in total. The predicted octanol–water partition coefficient (Wildman–Crippen LogP) is 2.80. The van der Waals surface area contributed by atoms with Crippen molar-refractivity contribution in [2.75, 3.05) is 19.8 Å². The molecule has 1 aliphatic heterocycles. The summed E-state index contributed by atoms with van der Waals surface area (Å²) in [7, 11) is 0. The van der Waals surface area contributed by atoms with Crippen LogP contribution in [0.5, 0.6) is 0 Å². The first-order valence-electron chi connectivity index (χ1n) is 7.54. The van der Waals surface area contributed by atoms with Gasteiger partial charge in [0.1, 0.15) is 6.61 Å². The second-order valence-corrected chi connectivity index (χ2v) is 5.61. The van der Waals surface area contributed by atoms with E-state index in [2.05, 4.69) is 5.32 Å². The first-order valence-corrected chi connectivity index (χ1v) is 7.92. The lowest BCUT2D eigenvalue weighted by atomic mass is 9.84. The minimum atomic E-state index is -0.452. The van der Waals surface area contributed by atoms with Gasteiger partial charge in [0.2, 0.25) is 5.91 Å². The first kappa shape index (κ1) is 17.5. The van der Waals surface area contributed by atoms with Gasteiger partial charge >= 0.3 is 5.97 Å². The Labute approximate surface area is 140 Å². The molecule has 23 heavy (non-hydrogen) atoms. The van der Waals surface area contributed by atoms with Gasteiger partial charge in [-0.1, -0.05) is 29.8 Å². The van der Waals surface area contributed by atoms with Gasteiger partial charge in [-0.15, -0.1) is 0 Å². The van der Waals surface area contributed by atoms with Crippen LogP contribution in [0.1, 0.15) is 31.7 Å². The van der Waals surface area contributed by atoms with Crippen LogP contribution in [0.15, 0.2) is 35.5 Å². The van der Waals surface area contributed by atoms with Crippen molar-refractivity contribution in [2.24, 2.45) is 0 Å². The lowest BCUT2D eigenvalue weighted by molar-refractivity contribution is -0.141. The second-order valence-electron chi connectivity index (χ2n) is 5.20. The molecule has 1 aromatic rings. The van der Waals surface area contributed by atoms with Gasteiger partial charge in [0.25, 0.3) is 0 Å². The van der Waals surface area contributed by atoms with Crippen molar-refractivity contribution < 1.29 is 19.1 Å². The number of carbonyl (C=O) groups is 2. The average molecular weight is 338 g/mol. The molecule has 5 nitrogen and oxygen atoms in total. The number of hydrogen-bond acceptors (Lipinski definition) is 4. The van der Waals surface area contributed by atoms with Crippen molar-refractivity contribution in [3.63, 3.8) is 0 Å². The number of esters is 1. The van der Waals surface area contributed by atoms with Gasteiger partial charge < -0.3 is 14.8 Å². The van der Waals surface area contributed by atoms with E-state index in [1.54, 1.807) is 13.0 Å². The molecular formula is C17H20ClNO4. The Bertz CT molecular complexity index is 627. The number of rotatable bonds is 6. The highest BCUT2D eigenvalue weighted by Crippen LogP contribution is 2.36. The number of amides is 1. The van der Waals surface area contributed by atoms with Crippen LogP contribution in [-0.4, -0.2) is 31.7 Å². The zero-order valence-corrected chi connectivity index (χ0v) is 14.0. The van der Waals surface area contributed by atoms with E-state index in [-0.39, 0.29) is 18.9 Å². The van der Waals surface area contributed by atoms with E-state index in [9.17, 15) is 9.59 Å². The Hall–Kier alpha value is -1.85. The minimum Gasteiger partial charge on any atom is -0.460 e. The van der Waals surface area contributed by atoms with E-state index in [0.717, 1.165) is 5.56 Å². The number of nitrogens with one attached hydrogen (secondary N) is 1. The maximum atomic E-state index is 12.4. The molecule has 0 spiro atoms. The second kappa shape index (κ2) is 8.13. The molecular weight excluding hydrogens is 318 g/mol. The molecule has 1 heterocycles. The van der Waals surface area contributed by atoms with Gasteiger partial charge in [0, 0.05) is 29.7 Å². The van der Waals surface area contributed by atoms with Gasteiger partial charge in [0.15, 0.2) is 0 Å². The van der Waals surface area contributed by atoms with E-state index in [4.69, 9.17) is 21.1 Å². The summed E-state index contributed by atoms with van der Waals surface area (Å²) >= 11 is 6.24. The predicted molar refractivity (Wildman–Crippen MR) is 87.1 cm³/mol. The van der Waals surface area contributed by atoms with E-state index in [1.165, 1.54) is 0 Å². The van der Waals surface area contributed by atoms with Crippen LogP contribution >= 0.6 is 11.6 Å². The topological polar surface area (TPSA) is 64.6 Å². The monoisotopic (exact) mass is 337 g/mol. The lowest BCUT2D eigenvalue weighted by Crippen LogP contribution is -2.34. The number of ether oxygens (including phenoxy) is 2. The van der Waals surface area contributed by atoms with E-state index < -0.39 is 11.9 Å². The van der Waals surface area contributed by atoms with Crippen LogP contribution in [0.4, 0.5) is 0 Å². The van der Waals surface area contributed by atoms with Crippen molar-refractivity contribution in [3.8, 4) is 0 Å². The quantitative estimate of drug-likeness (QED) is 0.640. The summed E-state index contributed by atoms with van der Waals surface area (Å²) in [6.07, 6.45) is 0.164. The number of allylic oxidation sites excluding steroid dienone is 1. The Morgan fingerprint density at radius 1 is 1.35 bits per heavy atom. The minimum absolute atomic E-state index is 0.140. The van der Waals surface area contributed by atoms with Crippen LogP contribution < -0.4 is 5.32 Å². The number of halogens is 1. The molecule has 1 amide bonds. The fourth-order valence-electron chi connectivity index (χ4n) is 2.61. The molecule has 1 aliphatic rings.